The molecule has 2 aliphatic rings. The molecule has 1 aliphatic carbocycles. The van der Waals surface area contributed by atoms with E-state index in [-0.39, 0.29) is 18.1 Å². The highest BCUT2D eigenvalue weighted by atomic mass is 16.5. The molecule has 1 amide bonds. The number of aromatic nitrogens is 4. The van der Waals surface area contributed by atoms with Crippen LogP contribution in [-0.4, -0.2) is 74.6 Å². The van der Waals surface area contributed by atoms with E-state index in [0.29, 0.717) is 37.8 Å². The summed E-state index contributed by atoms with van der Waals surface area (Å²) in [4.78, 5) is 24.1. The zero-order valence-corrected chi connectivity index (χ0v) is 20.3. The number of ether oxygens (including phenoxy) is 1. The molecule has 5 rings (SSSR count). The summed E-state index contributed by atoms with van der Waals surface area (Å²) in [5, 5.41) is 19.2. The van der Waals surface area contributed by atoms with E-state index in [4.69, 9.17) is 14.8 Å². The molecule has 3 heterocycles. The minimum Gasteiger partial charge on any atom is -0.393 e. The first-order valence-corrected chi connectivity index (χ1v) is 12.8. The van der Waals surface area contributed by atoms with E-state index in [1.165, 1.54) is 0 Å². The number of unbranched alkanes of at least 4 members (excludes halogenated alkanes) is 1. The van der Waals surface area contributed by atoms with Crippen molar-refractivity contribution in [2.24, 2.45) is 0 Å². The van der Waals surface area contributed by atoms with Crippen molar-refractivity contribution >= 4 is 22.9 Å². The van der Waals surface area contributed by atoms with Crippen LogP contribution in [0.1, 0.15) is 61.8 Å². The number of nitrogens with zero attached hydrogens (tertiary/aromatic N) is 5. The standard InChI is InChI=1S/C26H34N6O3/c1-2-3-12-27-26-28-17-22-23(30-32(24(22)29-26)20-8-10-21(33)11-9-20)18-4-6-19(7-5-18)25(34)31-13-15-35-16-14-31/h4-7,17,20-21,33H,2-3,8-16H2,1H3,(H,27,28,29). The van der Waals surface area contributed by atoms with Gasteiger partial charge in [0.25, 0.3) is 5.91 Å². The van der Waals surface area contributed by atoms with Gasteiger partial charge in [0.05, 0.1) is 30.7 Å². The van der Waals surface area contributed by atoms with Gasteiger partial charge in [-0.1, -0.05) is 25.5 Å². The minimum atomic E-state index is -0.231. The molecule has 9 nitrogen and oxygen atoms in total. The van der Waals surface area contributed by atoms with E-state index in [0.717, 1.165) is 67.4 Å². The number of aliphatic hydroxyl groups is 1. The fourth-order valence-corrected chi connectivity index (χ4v) is 4.88. The maximum absolute atomic E-state index is 12.8. The molecule has 186 valence electrons. The molecule has 0 spiro atoms. The van der Waals surface area contributed by atoms with Crippen LogP contribution in [0.15, 0.2) is 30.5 Å². The van der Waals surface area contributed by atoms with Gasteiger partial charge in [-0.2, -0.15) is 10.1 Å². The second kappa shape index (κ2) is 10.7. The predicted molar refractivity (Wildman–Crippen MR) is 134 cm³/mol. The third-order valence-electron chi connectivity index (χ3n) is 6.98. The number of aliphatic hydroxyl groups excluding tert-OH is 1. The van der Waals surface area contributed by atoms with Crippen LogP contribution >= 0.6 is 0 Å². The van der Waals surface area contributed by atoms with E-state index in [1.807, 2.05) is 40.0 Å². The SMILES string of the molecule is CCCCNc1ncc2c(-c3ccc(C(=O)N4CCOCC4)cc3)nn(C3CCC(O)CC3)c2n1. The third-order valence-corrected chi connectivity index (χ3v) is 6.98. The normalized spacial score (nSPS) is 20.8. The van der Waals surface area contributed by atoms with Gasteiger partial charge in [0.2, 0.25) is 5.95 Å². The molecular weight excluding hydrogens is 444 g/mol. The smallest absolute Gasteiger partial charge is 0.254 e. The lowest BCUT2D eigenvalue weighted by molar-refractivity contribution is 0.0303. The first-order chi connectivity index (χ1) is 17.1. The van der Waals surface area contributed by atoms with Crippen LogP contribution in [0.2, 0.25) is 0 Å². The second-order valence-corrected chi connectivity index (χ2v) is 9.45. The Morgan fingerprint density at radius 1 is 1.14 bits per heavy atom. The summed E-state index contributed by atoms with van der Waals surface area (Å²) in [7, 11) is 0. The van der Waals surface area contributed by atoms with Gasteiger partial charge in [-0.25, -0.2) is 9.67 Å². The summed E-state index contributed by atoms with van der Waals surface area (Å²) in [6.07, 6.45) is 7.05. The number of carbonyl (C=O) groups excluding carboxylic acids is 1. The monoisotopic (exact) mass is 478 g/mol. The molecule has 9 heteroatoms. The average Bonchev–Trinajstić information content (AvgIpc) is 3.28. The molecule has 3 aromatic rings. The zero-order valence-electron chi connectivity index (χ0n) is 20.3. The zero-order chi connectivity index (χ0) is 24.2. The lowest BCUT2D eigenvalue weighted by Gasteiger charge is -2.26. The number of fused-ring (bicyclic) bond motifs is 1. The van der Waals surface area contributed by atoms with Crippen LogP contribution in [-0.2, 0) is 4.74 Å². The number of hydrogen-bond acceptors (Lipinski definition) is 7. The molecule has 0 bridgehead atoms. The van der Waals surface area contributed by atoms with Crippen molar-refractivity contribution in [2.75, 3.05) is 38.2 Å². The summed E-state index contributed by atoms with van der Waals surface area (Å²) in [5.74, 6) is 0.642. The molecule has 35 heavy (non-hydrogen) atoms. The molecule has 0 unspecified atom stereocenters. The Morgan fingerprint density at radius 2 is 1.89 bits per heavy atom. The number of carbonyl (C=O) groups is 1. The number of nitrogens with one attached hydrogen (secondary N) is 1. The molecule has 1 aromatic carbocycles. The van der Waals surface area contributed by atoms with E-state index >= 15 is 0 Å². The first kappa shape index (κ1) is 23.7. The number of benzene rings is 1. The van der Waals surface area contributed by atoms with Gasteiger partial charge in [-0.15, -0.1) is 0 Å². The fraction of sp³-hybridized carbons (Fsp3) is 0.538. The van der Waals surface area contributed by atoms with Gasteiger partial charge in [0, 0.05) is 37.0 Å². The van der Waals surface area contributed by atoms with Crippen LogP contribution in [0, 0.1) is 0 Å². The Hall–Kier alpha value is -3.04. The fourth-order valence-electron chi connectivity index (χ4n) is 4.88. The molecule has 0 atom stereocenters. The van der Waals surface area contributed by atoms with Crippen molar-refractivity contribution in [3.8, 4) is 11.3 Å². The van der Waals surface area contributed by atoms with E-state index < -0.39 is 0 Å². The molecule has 1 saturated carbocycles. The average molecular weight is 479 g/mol. The quantitative estimate of drug-likeness (QED) is 0.499. The maximum Gasteiger partial charge on any atom is 0.254 e. The van der Waals surface area contributed by atoms with E-state index in [9.17, 15) is 9.90 Å². The van der Waals surface area contributed by atoms with Crippen LogP contribution in [0.4, 0.5) is 5.95 Å². The highest BCUT2D eigenvalue weighted by molar-refractivity contribution is 5.96. The van der Waals surface area contributed by atoms with Crippen molar-refractivity contribution in [3.05, 3.63) is 36.0 Å². The summed E-state index contributed by atoms with van der Waals surface area (Å²) in [6.45, 7) is 5.40. The molecule has 2 fully saturated rings. The number of amides is 1. The van der Waals surface area contributed by atoms with Gasteiger partial charge >= 0.3 is 0 Å². The van der Waals surface area contributed by atoms with Gasteiger partial charge in [0.1, 0.15) is 5.69 Å². The number of hydrogen-bond donors (Lipinski definition) is 2. The Labute approximate surface area is 205 Å². The van der Waals surface area contributed by atoms with Crippen LogP contribution in [0.5, 0.6) is 0 Å². The number of anilines is 1. The number of morpholine rings is 1. The van der Waals surface area contributed by atoms with Crippen LogP contribution in [0.3, 0.4) is 0 Å². The van der Waals surface area contributed by atoms with E-state index in [2.05, 4.69) is 17.2 Å². The second-order valence-electron chi connectivity index (χ2n) is 9.45. The minimum absolute atomic E-state index is 0.0297. The lowest BCUT2D eigenvalue weighted by Crippen LogP contribution is -2.40. The third kappa shape index (κ3) is 5.16. The van der Waals surface area contributed by atoms with Crippen molar-refractivity contribution in [3.63, 3.8) is 0 Å². The summed E-state index contributed by atoms with van der Waals surface area (Å²) >= 11 is 0. The molecule has 0 radical (unpaired) electrons. The number of rotatable bonds is 7. The summed E-state index contributed by atoms with van der Waals surface area (Å²) < 4.78 is 7.39. The van der Waals surface area contributed by atoms with Gasteiger partial charge in [-0.3, -0.25) is 4.79 Å². The lowest BCUT2D eigenvalue weighted by atomic mass is 9.93. The highest BCUT2D eigenvalue weighted by Gasteiger charge is 2.26. The molecule has 2 N–H and O–H groups in total. The Bertz CT molecular complexity index is 1150. The molecular formula is C26H34N6O3. The molecule has 1 saturated heterocycles. The van der Waals surface area contributed by atoms with Crippen LogP contribution in [0.25, 0.3) is 22.3 Å². The van der Waals surface area contributed by atoms with Gasteiger partial charge in [-0.05, 0) is 44.2 Å². The largest absolute Gasteiger partial charge is 0.393 e. The Kier molecular flexibility index (Phi) is 7.24. The summed E-state index contributed by atoms with van der Waals surface area (Å²) in [6, 6.07) is 7.85. The Balaban J connectivity index is 1.46. The maximum atomic E-state index is 12.8. The Morgan fingerprint density at radius 3 is 2.60 bits per heavy atom. The first-order valence-electron chi connectivity index (χ1n) is 12.8. The van der Waals surface area contributed by atoms with Crippen molar-refractivity contribution in [2.45, 2.75) is 57.6 Å². The van der Waals surface area contributed by atoms with Crippen molar-refractivity contribution < 1.29 is 14.6 Å². The molecule has 1 aliphatic heterocycles. The van der Waals surface area contributed by atoms with E-state index in [1.54, 1.807) is 0 Å². The van der Waals surface area contributed by atoms with Crippen molar-refractivity contribution in [1.82, 2.24) is 24.6 Å². The van der Waals surface area contributed by atoms with Gasteiger partial charge < -0.3 is 20.1 Å². The van der Waals surface area contributed by atoms with Gasteiger partial charge in [0.15, 0.2) is 5.65 Å². The highest BCUT2D eigenvalue weighted by Crippen LogP contribution is 2.34. The predicted octanol–water partition coefficient (Wildman–Crippen LogP) is 3.65. The topological polar surface area (TPSA) is 105 Å². The van der Waals surface area contributed by atoms with Crippen LogP contribution < -0.4 is 5.32 Å². The summed E-state index contributed by atoms with van der Waals surface area (Å²) in [5.41, 5.74) is 3.22. The molecule has 2 aromatic heterocycles. The van der Waals surface area contributed by atoms with Crippen molar-refractivity contribution in [1.29, 1.82) is 0 Å².